The maximum absolute atomic E-state index is 11.4. The molecule has 2 N–H and O–H groups in total. The summed E-state index contributed by atoms with van der Waals surface area (Å²) < 4.78 is 0. The van der Waals surface area contributed by atoms with Crippen LogP contribution in [0.4, 0.5) is 0 Å². The minimum atomic E-state index is -1.07. The Kier molecular flexibility index (Phi) is 3.57. The second-order valence-electron chi connectivity index (χ2n) is 4.64. The van der Waals surface area contributed by atoms with Gasteiger partial charge < -0.3 is 10.2 Å². The molecule has 0 aliphatic heterocycles. The molecule has 2 aromatic rings. The summed E-state index contributed by atoms with van der Waals surface area (Å²) in [6, 6.07) is 9.70. The third kappa shape index (κ3) is 2.40. The number of aromatic carboxylic acids is 2. The maximum atomic E-state index is 11.4. The van der Waals surface area contributed by atoms with Gasteiger partial charge in [0.25, 0.3) is 0 Å². The van der Waals surface area contributed by atoms with Gasteiger partial charge in [-0.25, -0.2) is 9.59 Å². The Bertz CT molecular complexity index is 681. The first kappa shape index (κ1) is 13.8. The molecule has 0 heterocycles. The van der Waals surface area contributed by atoms with Crippen molar-refractivity contribution in [3.05, 3.63) is 58.7 Å². The van der Waals surface area contributed by atoms with Gasteiger partial charge in [-0.2, -0.15) is 0 Å². The van der Waals surface area contributed by atoms with Gasteiger partial charge in [0, 0.05) is 0 Å². The summed E-state index contributed by atoms with van der Waals surface area (Å²) in [5.74, 6) is -2.14. The van der Waals surface area contributed by atoms with Gasteiger partial charge >= 0.3 is 11.9 Å². The highest BCUT2D eigenvalue weighted by Gasteiger charge is 2.17. The van der Waals surface area contributed by atoms with E-state index in [-0.39, 0.29) is 11.1 Å². The van der Waals surface area contributed by atoms with Gasteiger partial charge in [-0.3, -0.25) is 0 Å². The van der Waals surface area contributed by atoms with Crippen LogP contribution in [-0.2, 0) is 0 Å². The van der Waals surface area contributed by atoms with Crippen molar-refractivity contribution < 1.29 is 19.8 Å². The lowest BCUT2D eigenvalue weighted by Gasteiger charge is -2.13. The zero-order valence-electron chi connectivity index (χ0n) is 11.2. The van der Waals surface area contributed by atoms with E-state index in [1.54, 1.807) is 0 Å². The summed E-state index contributed by atoms with van der Waals surface area (Å²) in [4.78, 5) is 22.4. The number of rotatable bonds is 3. The molecule has 0 fully saturated rings. The van der Waals surface area contributed by atoms with Crippen LogP contribution in [0.1, 0.15) is 31.8 Å². The van der Waals surface area contributed by atoms with Crippen LogP contribution in [0.15, 0.2) is 36.4 Å². The van der Waals surface area contributed by atoms with Crippen molar-refractivity contribution in [1.82, 2.24) is 0 Å². The van der Waals surface area contributed by atoms with Gasteiger partial charge in [0.05, 0.1) is 11.1 Å². The van der Waals surface area contributed by atoms with Crippen LogP contribution in [0.25, 0.3) is 11.1 Å². The van der Waals surface area contributed by atoms with Crippen LogP contribution in [0.2, 0.25) is 0 Å². The van der Waals surface area contributed by atoms with Gasteiger partial charge in [0.1, 0.15) is 0 Å². The summed E-state index contributed by atoms with van der Waals surface area (Å²) in [5, 5.41) is 18.4. The van der Waals surface area contributed by atoms with Crippen molar-refractivity contribution in [2.24, 2.45) is 0 Å². The third-order valence-corrected chi connectivity index (χ3v) is 3.25. The van der Waals surface area contributed by atoms with Gasteiger partial charge in [-0.05, 0) is 54.3 Å². The van der Waals surface area contributed by atoms with E-state index in [0.29, 0.717) is 5.56 Å². The number of aryl methyl sites for hydroxylation is 2. The first-order valence-electron chi connectivity index (χ1n) is 6.09. The van der Waals surface area contributed by atoms with E-state index < -0.39 is 11.9 Å². The summed E-state index contributed by atoms with van der Waals surface area (Å²) in [5.41, 5.74) is 3.21. The lowest BCUT2D eigenvalue weighted by Crippen LogP contribution is -2.04. The number of carboxylic acids is 2. The molecule has 0 bridgehead atoms. The molecular weight excluding hydrogens is 256 g/mol. The second kappa shape index (κ2) is 5.17. The lowest BCUT2D eigenvalue weighted by molar-refractivity contribution is 0.0682. The molecule has 102 valence electrons. The predicted molar refractivity (Wildman–Crippen MR) is 75.3 cm³/mol. The van der Waals surface area contributed by atoms with Crippen molar-refractivity contribution in [2.45, 2.75) is 13.8 Å². The van der Waals surface area contributed by atoms with E-state index >= 15 is 0 Å². The van der Waals surface area contributed by atoms with Crippen molar-refractivity contribution in [1.29, 1.82) is 0 Å². The normalized spacial score (nSPS) is 10.3. The zero-order valence-corrected chi connectivity index (χ0v) is 11.2. The Morgan fingerprint density at radius 3 is 2.00 bits per heavy atom. The number of hydrogen-bond acceptors (Lipinski definition) is 2. The molecule has 0 saturated carbocycles. The monoisotopic (exact) mass is 270 g/mol. The smallest absolute Gasteiger partial charge is 0.336 e. The first-order chi connectivity index (χ1) is 9.41. The fourth-order valence-electron chi connectivity index (χ4n) is 2.31. The van der Waals surface area contributed by atoms with Crippen LogP contribution in [0.3, 0.4) is 0 Å². The van der Waals surface area contributed by atoms with Crippen LogP contribution in [0.5, 0.6) is 0 Å². The Morgan fingerprint density at radius 2 is 1.50 bits per heavy atom. The van der Waals surface area contributed by atoms with Crippen molar-refractivity contribution in [3.8, 4) is 11.1 Å². The molecule has 0 spiro atoms. The molecule has 4 nitrogen and oxygen atoms in total. The summed E-state index contributed by atoms with van der Waals surface area (Å²) in [6.07, 6.45) is 0. The minimum absolute atomic E-state index is 0.0765. The van der Waals surface area contributed by atoms with E-state index in [4.69, 9.17) is 5.11 Å². The quantitative estimate of drug-likeness (QED) is 0.896. The number of hydrogen-bond donors (Lipinski definition) is 2. The fourth-order valence-corrected chi connectivity index (χ4v) is 2.31. The van der Waals surface area contributed by atoms with Gasteiger partial charge in [0.2, 0.25) is 0 Å². The molecule has 0 aliphatic carbocycles. The van der Waals surface area contributed by atoms with Crippen molar-refractivity contribution in [3.63, 3.8) is 0 Å². The molecule has 0 radical (unpaired) electrons. The third-order valence-electron chi connectivity index (χ3n) is 3.25. The largest absolute Gasteiger partial charge is 0.478 e. The summed E-state index contributed by atoms with van der Waals surface area (Å²) in [7, 11) is 0. The van der Waals surface area contributed by atoms with E-state index in [1.807, 2.05) is 32.0 Å². The average Bonchev–Trinajstić information content (AvgIpc) is 2.38. The molecule has 0 aliphatic rings. The highest BCUT2D eigenvalue weighted by molar-refractivity contribution is 6.00. The topological polar surface area (TPSA) is 74.6 Å². The standard InChI is InChI=1S/C16H14O4/c1-9-4-3-5-10(2)14(9)13-8-11(15(17)18)6-7-12(13)16(19)20/h3-8H,1-2H3,(H,17,18)(H,19,20). The van der Waals surface area contributed by atoms with Crippen LogP contribution < -0.4 is 0 Å². The SMILES string of the molecule is Cc1cccc(C)c1-c1cc(C(=O)O)ccc1C(=O)O. The van der Waals surface area contributed by atoms with Gasteiger partial charge in [0.15, 0.2) is 0 Å². The lowest BCUT2D eigenvalue weighted by atomic mass is 9.91. The van der Waals surface area contributed by atoms with Crippen LogP contribution >= 0.6 is 0 Å². The zero-order chi connectivity index (χ0) is 14.9. The van der Waals surface area contributed by atoms with Crippen molar-refractivity contribution in [2.75, 3.05) is 0 Å². The minimum Gasteiger partial charge on any atom is -0.478 e. The summed E-state index contributed by atoms with van der Waals surface area (Å²) in [6.45, 7) is 3.75. The van der Waals surface area contributed by atoms with E-state index in [9.17, 15) is 14.7 Å². The molecule has 2 rings (SSSR count). The van der Waals surface area contributed by atoms with Crippen LogP contribution in [0, 0.1) is 13.8 Å². The second-order valence-corrected chi connectivity index (χ2v) is 4.64. The molecule has 0 unspecified atom stereocenters. The molecule has 20 heavy (non-hydrogen) atoms. The highest BCUT2D eigenvalue weighted by atomic mass is 16.4. The van der Waals surface area contributed by atoms with Crippen LogP contribution in [-0.4, -0.2) is 22.2 Å². The van der Waals surface area contributed by atoms with Crippen molar-refractivity contribution >= 4 is 11.9 Å². The fraction of sp³-hybridized carbons (Fsp3) is 0.125. The van der Waals surface area contributed by atoms with Gasteiger partial charge in [-0.1, -0.05) is 18.2 Å². The van der Waals surface area contributed by atoms with E-state index in [0.717, 1.165) is 16.7 Å². The molecular formula is C16H14O4. The number of carboxylic acid groups (broad SMARTS) is 2. The molecule has 2 aromatic carbocycles. The molecule has 0 saturated heterocycles. The highest BCUT2D eigenvalue weighted by Crippen LogP contribution is 2.31. The molecule has 0 atom stereocenters. The Balaban J connectivity index is 2.79. The molecule has 0 amide bonds. The number of benzene rings is 2. The van der Waals surface area contributed by atoms with Gasteiger partial charge in [-0.15, -0.1) is 0 Å². The summed E-state index contributed by atoms with van der Waals surface area (Å²) >= 11 is 0. The first-order valence-corrected chi connectivity index (χ1v) is 6.09. The Morgan fingerprint density at radius 1 is 0.900 bits per heavy atom. The molecule has 4 heteroatoms. The van der Waals surface area contributed by atoms with E-state index in [1.165, 1.54) is 18.2 Å². The Labute approximate surface area is 116 Å². The average molecular weight is 270 g/mol. The predicted octanol–water partition coefficient (Wildman–Crippen LogP) is 3.37. The number of carbonyl (C=O) groups is 2. The maximum Gasteiger partial charge on any atom is 0.336 e. The molecule has 0 aromatic heterocycles. The van der Waals surface area contributed by atoms with E-state index in [2.05, 4.69) is 0 Å². The Hall–Kier alpha value is -2.62.